The van der Waals surface area contributed by atoms with Crippen molar-refractivity contribution in [3.8, 4) is 5.75 Å². The van der Waals surface area contributed by atoms with Crippen LogP contribution in [0.15, 0.2) is 41.5 Å². The third-order valence-electron chi connectivity index (χ3n) is 3.11. The molecule has 0 atom stereocenters. The number of rotatable bonds is 5. The van der Waals surface area contributed by atoms with Gasteiger partial charge >= 0.3 is 0 Å². The van der Waals surface area contributed by atoms with Crippen molar-refractivity contribution < 1.29 is 13.9 Å². The monoisotopic (exact) mass is 334 g/mol. The van der Waals surface area contributed by atoms with E-state index in [-0.39, 0.29) is 11.6 Å². The highest BCUT2D eigenvalue weighted by Gasteiger charge is 2.06. The maximum Gasteiger partial charge on any atom is 0.277 e. The number of aryl methyl sites for hydroxylation is 2. The van der Waals surface area contributed by atoms with Gasteiger partial charge in [0.2, 0.25) is 0 Å². The molecule has 2 aromatic rings. The number of amides is 1. The van der Waals surface area contributed by atoms with Crippen LogP contribution in [-0.4, -0.2) is 18.7 Å². The van der Waals surface area contributed by atoms with Gasteiger partial charge in [-0.3, -0.25) is 4.79 Å². The van der Waals surface area contributed by atoms with Gasteiger partial charge in [0.05, 0.1) is 11.2 Å². The second-order valence-electron chi connectivity index (χ2n) is 4.97. The molecule has 1 amide bonds. The van der Waals surface area contributed by atoms with Crippen LogP contribution in [0.5, 0.6) is 5.75 Å². The minimum atomic E-state index is -0.432. The summed E-state index contributed by atoms with van der Waals surface area (Å²) in [5, 5.41) is 4.00. The normalized spacial score (nSPS) is 10.8. The van der Waals surface area contributed by atoms with Gasteiger partial charge in [0, 0.05) is 5.56 Å². The van der Waals surface area contributed by atoms with Gasteiger partial charge in [-0.1, -0.05) is 29.8 Å². The molecule has 0 aromatic heterocycles. The fraction of sp³-hybridized carbons (Fsp3) is 0.176. The smallest absolute Gasteiger partial charge is 0.277 e. The van der Waals surface area contributed by atoms with E-state index in [2.05, 4.69) is 10.5 Å². The number of halogens is 2. The number of hydrogen-bond acceptors (Lipinski definition) is 3. The van der Waals surface area contributed by atoms with E-state index in [1.54, 1.807) is 0 Å². The Morgan fingerprint density at radius 3 is 2.65 bits per heavy atom. The van der Waals surface area contributed by atoms with Crippen molar-refractivity contribution in [3.05, 3.63) is 63.9 Å². The van der Waals surface area contributed by atoms with Crippen LogP contribution in [0, 0.1) is 19.7 Å². The Hall–Kier alpha value is -2.40. The summed E-state index contributed by atoms with van der Waals surface area (Å²) >= 11 is 5.85. The highest BCUT2D eigenvalue weighted by Crippen LogP contribution is 2.22. The lowest BCUT2D eigenvalue weighted by atomic mass is 10.1. The van der Waals surface area contributed by atoms with Gasteiger partial charge in [0.15, 0.2) is 6.61 Å². The largest absolute Gasteiger partial charge is 0.483 e. The van der Waals surface area contributed by atoms with Crippen LogP contribution in [0.4, 0.5) is 4.39 Å². The summed E-state index contributed by atoms with van der Waals surface area (Å²) in [5.74, 6) is -0.145. The molecule has 0 saturated carbocycles. The summed E-state index contributed by atoms with van der Waals surface area (Å²) in [6, 6.07) is 9.66. The standard InChI is InChI=1S/C17H16ClFN2O2/c1-11-4-3-5-12(2)17(11)23-10-16(22)21-20-9-13-6-7-14(19)8-15(13)18/h3-9H,10H2,1-2H3,(H,21,22). The molecule has 23 heavy (non-hydrogen) atoms. The van der Waals surface area contributed by atoms with E-state index < -0.39 is 11.7 Å². The topological polar surface area (TPSA) is 50.7 Å². The molecule has 0 radical (unpaired) electrons. The van der Waals surface area contributed by atoms with Gasteiger partial charge in [0.25, 0.3) is 5.91 Å². The zero-order valence-electron chi connectivity index (χ0n) is 12.8. The average molecular weight is 335 g/mol. The van der Waals surface area contributed by atoms with Crippen molar-refractivity contribution in [3.63, 3.8) is 0 Å². The average Bonchev–Trinajstić information content (AvgIpc) is 2.49. The molecule has 1 N–H and O–H groups in total. The van der Waals surface area contributed by atoms with E-state index in [9.17, 15) is 9.18 Å². The predicted octanol–water partition coefficient (Wildman–Crippen LogP) is 3.63. The molecule has 6 heteroatoms. The molecule has 2 rings (SSSR count). The van der Waals surface area contributed by atoms with Crippen LogP contribution in [0.2, 0.25) is 5.02 Å². The molecule has 0 fully saturated rings. The van der Waals surface area contributed by atoms with E-state index in [0.717, 1.165) is 11.1 Å². The number of carbonyl (C=O) groups excluding carboxylic acids is 1. The maximum absolute atomic E-state index is 12.9. The fourth-order valence-corrected chi connectivity index (χ4v) is 2.19. The summed E-state index contributed by atoms with van der Waals surface area (Å²) < 4.78 is 18.4. The minimum absolute atomic E-state index is 0.153. The Bertz CT molecular complexity index is 727. The summed E-state index contributed by atoms with van der Waals surface area (Å²) in [6.45, 7) is 3.67. The van der Waals surface area contributed by atoms with Crippen LogP contribution in [0.1, 0.15) is 16.7 Å². The molecular formula is C17H16ClFN2O2. The third kappa shape index (κ3) is 4.79. The van der Waals surface area contributed by atoms with E-state index in [1.807, 2.05) is 32.0 Å². The van der Waals surface area contributed by atoms with E-state index in [4.69, 9.17) is 16.3 Å². The van der Waals surface area contributed by atoms with Gasteiger partial charge in [-0.15, -0.1) is 0 Å². The third-order valence-corrected chi connectivity index (χ3v) is 3.44. The number of hydrazone groups is 1. The molecule has 4 nitrogen and oxygen atoms in total. The van der Waals surface area contributed by atoms with Crippen LogP contribution < -0.4 is 10.2 Å². The molecule has 0 unspecified atom stereocenters. The molecule has 0 bridgehead atoms. The molecule has 0 aliphatic carbocycles. The number of ether oxygens (including phenoxy) is 1. The minimum Gasteiger partial charge on any atom is -0.483 e. The second kappa shape index (κ2) is 7.74. The van der Waals surface area contributed by atoms with Crippen molar-refractivity contribution in [2.24, 2.45) is 5.10 Å². The lowest BCUT2D eigenvalue weighted by Gasteiger charge is -2.10. The first-order valence-corrected chi connectivity index (χ1v) is 7.31. The molecule has 0 heterocycles. The van der Waals surface area contributed by atoms with Crippen LogP contribution in [-0.2, 0) is 4.79 Å². The second-order valence-corrected chi connectivity index (χ2v) is 5.38. The highest BCUT2D eigenvalue weighted by molar-refractivity contribution is 6.33. The number of para-hydroxylation sites is 1. The van der Waals surface area contributed by atoms with Gasteiger partial charge in [0.1, 0.15) is 11.6 Å². The summed E-state index contributed by atoms with van der Waals surface area (Å²) in [6.07, 6.45) is 1.35. The van der Waals surface area contributed by atoms with Crippen LogP contribution in [0.25, 0.3) is 0 Å². The fourth-order valence-electron chi connectivity index (χ4n) is 1.98. The lowest BCUT2D eigenvalue weighted by Crippen LogP contribution is -2.25. The Balaban J connectivity index is 1.89. The Morgan fingerprint density at radius 2 is 2.00 bits per heavy atom. The summed E-state index contributed by atoms with van der Waals surface area (Å²) in [7, 11) is 0. The van der Waals surface area contributed by atoms with Crippen molar-refractivity contribution in [1.29, 1.82) is 0 Å². The number of nitrogens with zero attached hydrogens (tertiary/aromatic N) is 1. The van der Waals surface area contributed by atoms with E-state index >= 15 is 0 Å². The van der Waals surface area contributed by atoms with Gasteiger partial charge in [-0.25, -0.2) is 9.82 Å². The number of nitrogens with one attached hydrogen (secondary N) is 1. The first-order chi connectivity index (χ1) is 11.0. The molecule has 120 valence electrons. The van der Waals surface area contributed by atoms with Gasteiger partial charge in [-0.2, -0.15) is 5.10 Å². The number of benzene rings is 2. The highest BCUT2D eigenvalue weighted by atomic mass is 35.5. The molecule has 0 aliphatic heterocycles. The van der Waals surface area contributed by atoms with Crippen molar-refractivity contribution >= 4 is 23.7 Å². The quantitative estimate of drug-likeness (QED) is 0.670. The molecule has 0 spiro atoms. The van der Waals surface area contributed by atoms with E-state index in [1.165, 1.54) is 24.4 Å². The zero-order chi connectivity index (χ0) is 16.8. The maximum atomic E-state index is 12.9. The zero-order valence-corrected chi connectivity index (χ0v) is 13.5. The Labute approximate surface area is 138 Å². The molecular weight excluding hydrogens is 319 g/mol. The first-order valence-electron chi connectivity index (χ1n) is 6.93. The Morgan fingerprint density at radius 1 is 1.30 bits per heavy atom. The number of carbonyl (C=O) groups is 1. The van der Waals surface area contributed by atoms with Crippen molar-refractivity contribution in [2.75, 3.05) is 6.61 Å². The predicted molar refractivity (Wildman–Crippen MR) is 88.6 cm³/mol. The van der Waals surface area contributed by atoms with Gasteiger partial charge < -0.3 is 4.74 Å². The first kappa shape index (κ1) is 17.0. The molecule has 0 aliphatic rings. The summed E-state index contributed by atoms with van der Waals surface area (Å²) in [5.41, 5.74) is 4.75. The molecule has 2 aromatic carbocycles. The van der Waals surface area contributed by atoms with Crippen LogP contribution in [0.3, 0.4) is 0 Å². The summed E-state index contributed by atoms with van der Waals surface area (Å²) in [4.78, 5) is 11.7. The van der Waals surface area contributed by atoms with Crippen molar-refractivity contribution in [2.45, 2.75) is 13.8 Å². The lowest BCUT2D eigenvalue weighted by molar-refractivity contribution is -0.123. The number of hydrogen-bond donors (Lipinski definition) is 1. The van der Waals surface area contributed by atoms with Crippen molar-refractivity contribution in [1.82, 2.24) is 5.43 Å². The molecule has 0 saturated heterocycles. The van der Waals surface area contributed by atoms with E-state index in [0.29, 0.717) is 11.3 Å². The van der Waals surface area contributed by atoms with Gasteiger partial charge in [-0.05, 0) is 43.2 Å². The SMILES string of the molecule is Cc1cccc(C)c1OCC(=O)NN=Cc1ccc(F)cc1Cl. The Kier molecular flexibility index (Phi) is 5.71. The van der Waals surface area contributed by atoms with Crippen LogP contribution >= 0.6 is 11.6 Å².